The molecular weight excluding hydrogens is 362 g/mol. The summed E-state index contributed by atoms with van der Waals surface area (Å²) in [5.74, 6) is -2.11. The number of carbonyl (C=O) groups excluding carboxylic acids is 3. The second-order valence-electron chi connectivity index (χ2n) is 8.39. The van der Waals surface area contributed by atoms with Gasteiger partial charge < -0.3 is 19.9 Å². The molecule has 0 radical (unpaired) electrons. The number of carbonyl (C=O) groups is 3. The highest BCUT2D eigenvalue weighted by Gasteiger charge is 2.45. The van der Waals surface area contributed by atoms with E-state index in [0.29, 0.717) is 6.42 Å². The summed E-state index contributed by atoms with van der Waals surface area (Å²) < 4.78 is 10.1. The molecule has 2 N–H and O–H groups in total. The van der Waals surface area contributed by atoms with Crippen LogP contribution < -0.4 is 5.32 Å². The second-order valence-corrected chi connectivity index (χ2v) is 8.39. The maximum atomic E-state index is 13.1. The van der Waals surface area contributed by atoms with Gasteiger partial charge in [-0.25, -0.2) is 4.79 Å². The predicted molar refractivity (Wildman–Crippen MR) is 106 cm³/mol. The fourth-order valence-electron chi connectivity index (χ4n) is 3.55. The monoisotopic (exact) mass is 397 g/mol. The lowest BCUT2D eigenvalue weighted by Crippen LogP contribution is -2.46. The van der Waals surface area contributed by atoms with Gasteiger partial charge in [0.25, 0.3) is 0 Å². The number of alkyl carbamates (subject to hydrolysis) is 1. The van der Waals surface area contributed by atoms with Crippen LogP contribution in [0.1, 0.15) is 65.7 Å². The van der Waals surface area contributed by atoms with E-state index in [2.05, 4.69) is 11.9 Å². The largest absolute Gasteiger partial charge is 0.469 e. The molecular formula is C21H35NO6. The topological polar surface area (TPSA) is 102 Å². The Bertz CT molecular complexity index is 554. The maximum Gasteiger partial charge on any atom is 0.408 e. The van der Waals surface area contributed by atoms with Crippen molar-refractivity contribution >= 4 is 17.8 Å². The van der Waals surface area contributed by atoms with Crippen LogP contribution in [0.3, 0.4) is 0 Å². The summed E-state index contributed by atoms with van der Waals surface area (Å²) in [4.78, 5) is 37.4. The highest BCUT2D eigenvalue weighted by molar-refractivity contribution is 5.93. The SMILES string of the molecule is C=CCCCCC[C@H](NC(=O)OC(C)(C)C)C(=O)C1C[C@@H](O)C[C@H]1C(=O)OC. The van der Waals surface area contributed by atoms with Gasteiger partial charge in [-0.2, -0.15) is 0 Å². The number of amides is 1. The second kappa shape index (κ2) is 11.2. The standard InChI is InChI=1S/C21H35NO6/c1-6-7-8-9-10-11-17(22-20(26)28-21(2,3)4)18(24)15-12-14(23)13-16(15)19(25)27-5/h6,14-17,23H,1,7-13H2,2-5H3,(H,22,26)/t14-,15?,16-,17+/m1/s1. The van der Waals surface area contributed by atoms with E-state index in [-0.39, 0.29) is 18.6 Å². The van der Waals surface area contributed by atoms with Gasteiger partial charge in [-0.1, -0.05) is 18.9 Å². The zero-order valence-electron chi connectivity index (χ0n) is 17.5. The summed E-state index contributed by atoms with van der Waals surface area (Å²) >= 11 is 0. The predicted octanol–water partition coefficient (Wildman–Crippen LogP) is 3.15. The van der Waals surface area contributed by atoms with Crippen LogP contribution in [0.4, 0.5) is 4.79 Å². The first-order valence-corrected chi connectivity index (χ1v) is 9.99. The number of allylic oxidation sites excluding steroid dienone is 1. The third kappa shape index (κ3) is 8.00. The molecule has 1 aliphatic rings. The molecule has 0 heterocycles. The number of hydrogen-bond donors (Lipinski definition) is 2. The molecule has 1 unspecified atom stereocenters. The fourth-order valence-corrected chi connectivity index (χ4v) is 3.55. The number of esters is 1. The highest BCUT2D eigenvalue weighted by Crippen LogP contribution is 2.35. The normalized spacial score (nSPS) is 23.0. The van der Waals surface area contributed by atoms with Gasteiger partial charge in [0.15, 0.2) is 5.78 Å². The molecule has 1 saturated carbocycles. The molecule has 1 amide bonds. The Morgan fingerprint density at radius 1 is 1.18 bits per heavy atom. The van der Waals surface area contributed by atoms with Gasteiger partial charge in [0.2, 0.25) is 0 Å². The molecule has 160 valence electrons. The van der Waals surface area contributed by atoms with E-state index in [0.717, 1.165) is 25.7 Å². The van der Waals surface area contributed by atoms with Gasteiger partial charge in [0.05, 0.1) is 25.2 Å². The maximum absolute atomic E-state index is 13.1. The Morgan fingerprint density at radius 2 is 1.82 bits per heavy atom. The van der Waals surface area contributed by atoms with E-state index in [4.69, 9.17) is 9.47 Å². The summed E-state index contributed by atoms with van der Waals surface area (Å²) in [6.45, 7) is 8.94. The lowest BCUT2D eigenvalue weighted by Gasteiger charge is -2.26. The van der Waals surface area contributed by atoms with Crippen LogP contribution in [0.15, 0.2) is 12.7 Å². The van der Waals surface area contributed by atoms with Crippen LogP contribution in [-0.4, -0.2) is 47.8 Å². The number of hydrogen-bond acceptors (Lipinski definition) is 6. The van der Waals surface area contributed by atoms with Gasteiger partial charge >= 0.3 is 12.1 Å². The number of aliphatic hydroxyl groups excluding tert-OH is 1. The summed E-state index contributed by atoms with van der Waals surface area (Å²) in [7, 11) is 1.27. The quantitative estimate of drug-likeness (QED) is 0.334. The highest BCUT2D eigenvalue weighted by atomic mass is 16.6. The molecule has 0 aliphatic heterocycles. The number of rotatable bonds is 10. The number of Topliss-reactive ketones (excluding diaryl/α,β-unsaturated/α-hetero) is 1. The lowest BCUT2D eigenvalue weighted by molar-refractivity contribution is -0.149. The van der Waals surface area contributed by atoms with Crippen LogP contribution in [-0.2, 0) is 19.1 Å². The molecule has 4 atom stereocenters. The van der Waals surface area contributed by atoms with Crippen LogP contribution >= 0.6 is 0 Å². The van der Waals surface area contributed by atoms with Crippen LogP contribution in [0, 0.1) is 11.8 Å². The smallest absolute Gasteiger partial charge is 0.408 e. The van der Waals surface area contributed by atoms with Crippen molar-refractivity contribution in [3.8, 4) is 0 Å². The first-order chi connectivity index (χ1) is 13.1. The van der Waals surface area contributed by atoms with Crippen LogP contribution in [0.5, 0.6) is 0 Å². The Morgan fingerprint density at radius 3 is 2.39 bits per heavy atom. The zero-order valence-corrected chi connectivity index (χ0v) is 17.5. The van der Waals surface area contributed by atoms with E-state index in [9.17, 15) is 19.5 Å². The van der Waals surface area contributed by atoms with Gasteiger partial charge in [-0.15, -0.1) is 6.58 Å². The minimum Gasteiger partial charge on any atom is -0.469 e. The van der Waals surface area contributed by atoms with Gasteiger partial charge in [-0.3, -0.25) is 9.59 Å². The molecule has 1 aliphatic carbocycles. The van der Waals surface area contributed by atoms with Gasteiger partial charge in [-0.05, 0) is 52.9 Å². The summed E-state index contributed by atoms with van der Waals surface area (Å²) in [5.41, 5.74) is -0.681. The molecule has 0 aromatic rings. The van der Waals surface area contributed by atoms with Crippen molar-refractivity contribution < 1.29 is 29.0 Å². The molecule has 0 aromatic carbocycles. The van der Waals surface area contributed by atoms with E-state index in [1.165, 1.54) is 7.11 Å². The lowest BCUT2D eigenvalue weighted by atomic mass is 9.86. The van der Waals surface area contributed by atoms with E-state index in [1.54, 1.807) is 20.8 Å². The summed E-state index contributed by atoms with van der Waals surface area (Å²) in [6, 6.07) is -0.763. The van der Waals surface area contributed by atoms with Gasteiger partial charge in [0, 0.05) is 5.92 Å². The van der Waals surface area contributed by atoms with E-state index < -0.39 is 41.6 Å². The number of methoxy groups -OCH3 is 1. The van der Waals surface area contributed by atoms with Crippen molar-refractivity contribution in [1.82, 2.24) is 5.32 Å². The van der Waals surface area contributed by atoms with Gasteiger partial charge in [0.1, 0.15) is 5.60 Å². The minimum atomic E-state index is -0.763. The van der Waals surface area contributed by atoms with Crippen LogP contribution in [0.25, 0.3) is 0 Å². The third-order valence-electron chi connectivity index (χ3n) is 4.84. The zero-order chi connectivity index (χ0) is 21.3. The average molecular weight is 398 g/mol. The molecule has 7 nitrogen and oxygen atoms in total. The molecule has 1 rings (SSSR count). The Labute approximate surface area is 167 Å². The summed E-state index contributed by atoms with van der Waals surface area (Å²) in [5, 5.41) is 12.6. The minimum absolute atomic E-state index is 0.196. The van der Waals surface area contributed by atoms with Crippen molar-refractivity contribution in [1.29, 1.82) is 0 Å². The first kappa shape index (κ1) is 24.1. The van der Waals surface area contributed by atoms with Crippen LogP contribution in [0.2, 0.25) is 0 Å². The average Bonchev–Trinajstić information content (AvgIpc) is 2.99. The fraction of sp³-hybridized carbons (Fsp3) is 0.762. The van der Waals surface area contributed by atoms with Crippen molar-refractivity contribution in [2.45, 2.75) is 83.5 Å². The number of ether oxygens (including phenoxy) is 2. The van der Waals surface area contributed by atoms with Crippen molar-refractivity contribution in [2.75, 3.05) is 7.11 Å². The number of aliphatic hydroxyl groups is 1. The van der Waals surface area contributed by atoms with E-state index in [1.807, 2.05) is 6.08 Å². The van der Waals surface area contributed by atoms with Crippen molar-refractivity contribution in [2.24, 2.45) is 11.8 Å². The Kier molecular flexibility index (Phi) is 9.65. The Hall–Kier alpha value is -1.89. The van der Waals surface area contributed by atoms with Crippen molar-refractivity contribution in [3.63, 3.8) is 0 Å². The Balaban J connectivity index is 2.85. The molecule has 0 spiro atoms. The molecule has 0 aromatic heterocycles. The molecule has 1 fully saturated rings. The first-order valence-electron chi connectivity index (χ1n) is 9.99. The third-order valence-corrected chi connectivity index (χ3v) is 4.84. The summed E-state index contributed by atoms with van der Waals surface area (Å²) in [6.07, 6.45) is 4.82. The molecule has 28 heavy (non-hydrogen) atoms. The molecule has 0 saturated heterocycles. The molecule has 7 heteroatoms. The number of unbranched alkanes of at least 4 members (excludes halogenated alkanes) is 3. The molecule has 0 bridgehead atoms. The number of nitrogens with one attached hydrogen (secondary N) is 1. The van der Waals surface area contributed by atoms with Crippen molar-refractivity contribution in [3.05, 3.63) is 12.7 Å². The van der Waals surface area contributed by atoms with E-state index >= 15 is 0 Å². The number of ketones is 1.